The molecule has 1 fully saturated rings. The van der Waals surface area contributed by atoms with Crippen molar-refractivity contribution in [2.45, 2.75) is 12.5 Å². The van der Waals surface area contributed by atoms with Crippen LogP contribution in [0.1, 0.15) is 6.42 Å². The van der Waals surface area contributed by atoms with Gasteiger partial charge in [-0.1, -0.05) is 11.6 Å². The summed E-state index contributed by atoms with van der Waals surface area (Å²) >= 11 is 7.13. The van der Waals surface area contributed by atoms with Crippen molar-refractivity contribution in [3.8, 4) is 0 Å². The van der Waals surface area contributed by atoms with E-state index in [2.05, 4.69) is 0 Å². The first-order valence-electron chi connectivity index (χ1n) is 3.92. The van der Waals surface area contributed by atoms with Crippen molar-refractivity contribution in [3.05, 3.63) is 15.8 Å². The zero-order valence-corrected chi connectivity index (χ0v) is 8.31. The van der Waals surface area contributed by atoms with Crippen molar-refractivity contribution in [2.75, 3.05) is 11.4 Å². The maximum absolute atomic E-state index is 11.4. The van der Waals surface area contributed by atoms with Crippen LogP contribution < -0.4 is 4.90 Å². The quantitative estimate of drug-likeness (QED) is 0.775. The molecule has 1 aliphatic rings. The van der Waals surface area contributed by atoms with Crippen LogP contribution >= 0.6 is 22.9 Å². The van der Waals surface area contributed by atoms with E-state index in [0.29, 0.717) is 17.3 Å². The van der Waals surface area contributed by atoms with E-state index in [4.69, 9.17) is 11.6 Å². The maximum atomic E-state index is 11.4. The lowest BCUT2D eigenvalue weighted by Gasteiger charge is -2.12. The van der Waals surface area contributed by atoms with E-state index >= 15 is 0 Å². The Kier molecular flexibility index (Phi) is 2.27. The molecule has 1 amide bonds. The third kappa shape index (κ3) is 1.57. The van der Waals surface area contributed by atoms with Crippen LogP contribution in [0, 0.1) is 0 Å². The largest absolute Gasteiger partial charge is 0.383 e. The van der Waals surface area contributed by atoms with Crippen LogP contribution in [0.3, 0.4) is 0 Å². The van der Waals surface area contributed by atoms with Gasteiger partial charge in [0.25, 0.3) is 5.91 Å². The van der Waals surface area contributed by atoms with Gasteiger partial charge in [-0.05, 0) is 6.07 Å². The van der Waals surface area contributed by atoms with Crippen molar-refractivity contribution in [2.24, 2.45) is 0 Å². The summed E-state index contributed by atoms with van der Waals surface area (Å²) in [6.07, 6.45) is -0.328. The monoisotopic (exact) mass is 217 g/mol. The smallest absolute Gasteiger partial charge is 0.255 e. The van der Waals surface area contributed by atoms with Gasteiger partial charge in [0.05, 0.1) is 10.0 Å². The van der Waals surface area contributed by atoms with Gasteiger partial charge in [-0.25, -0.2) is 0 Å². The highest BCUT2D eigenvalue weighted by Crippen LogP contribution is 2.29. The number of aliphatic hydroxyl groups excluding tert-OH is 1. The molecule has 1 saturated heterocycles. The molecule has 3 nitrogen and oxygen atoms in total. The van der Waals surface area contributed by atoms with Crippen molar-refractivity contribution >= 4 is 34.5 Å². The maximum Gasteiger partial charge on any atom is 0.255 e. The predicted octanol–water partition coefficient (Wildman–Crippen LogP) is 1.50. The summed E-state index contributed by atoms with van der Waals surface area (Å²) in [5.74, 6) is -0.227. The van der Waals surface area contributed by atoms with E-state index in [9.17, 15) is 9.90 Å². The number of carbonyl (C=O) groups is 1. The SMILES string of the molecule is O=C1C(O)CCN1c1csc(Cl)c1. The molecule has 0 saturated carbocycles. The number of aliphatic hydroxyl groups is 1. The summed E-state index contributed by atoms with van der Waals surface area (Å²) in [6, 6.07) is 1.74. The molecule has 1 aromatic rings. The highest BCUT2D eigenvalue weighted by Gasteiger charge is 2.30. The molecule has 70 valence electrons. The van der Waals surface area contributed by atoms with E-state index in [1.807, 2.05) is 5.38 Å². The van der Waals surface area contributed by atoms with Crippen molar-refractivity contribution in [1.29, 1.82) is 0 Å². The molecule has 1 aromatic heterocycles. The molecule has 1 aliphatic heterocycles. The van der Waals surface area contributed by atoms with Crippen molar-refractivity contribution in [3.63, 3.8) is 0 Å². The second-order valence-corrected chi connectivity index (χ2v) is 4.45. The van der Waals surface area contributed by atoms with Gasteiger partial charge >= 0.3 is 0 Å². The summed E-state index contributed by atoms with van der Waals surface area (Å²) in [7, 11) is 0. The van der Waals surface area contributed by atoms with Gasteiger partial charge in [0, 0.05) is 18.3 Å². The number of hydrogen-bond donors (Lipinski definition) is 1. The number of amides is 1. The normalized spacial score (nSPS) is 22.8. The highest BCUT2D eigenvalue weighted by molar-refractivity contribution is 7.14. The molecule has 0 bridgehead atoms. The first-order chi connectivity index (χ1) is 6.18. The number of hydrogen-bond acceptors (Lipinski definition) is 3. The molecule has 2 rings (SSSR count). The zero-order valence-electron chi connectivity index (χ0n) is 6.74. The van der Waals surface area contributed by atoms with Crippen LogP contribution in [0.25, 0.3) is 0 Å². The molecule has 0 aliphatic carbocycles. The minimum atomic E-state index is -0.835. The van der Waals surface area contributed by atoms with Crippen molar-refractivity contribution < 1.29 is 9.90 Å². The Morgan fingerprint density at radius 3 is 2.92 bits per heavy atom. The van der Waals surface area contributed by atoms with Gasteiger partial charge in [0.2, 0.25) is 0 Å². The van der Waals surface area contributed by atoms with Gasteiger partial charge in [0.15, 0.2) is 0 Å². The molecule has 1 N–H and O–H groups in total. The molecule has 0 radical (unpaired) electrons. The van der Waals surface area contributed by atoms with E-state index in [0.717, 1.165) is 5.69 Å². The van der Waals surface area contributed by atoms with Gasteiger partial charge < -0.3 is 10.0 Å². The average Bonchev–Trinajstić information content (AvgIpc) is 2.62. The Balaban J connectivity index is 2.23. The van der Waals surface area contributed by atoms with Crippen LogP contribution in [0.2, 0.25) is 4.34 Å². The summed E-state index contributed by atoms with van der Waals surface area (Å²) in [4.78, 5) is 12.9. The van der Waals surface area contributed by atoms with Crippen LogP contribution in [0.5, 0.6) is 0 Å². The average molecular weight is 218 g/mol. The lowest BCUT2D eigenvalue weighted by atomic mass is 10.3. The predicted molar refractivity (Wildman–Crippen MR) is 52.3 cm³/mol. The Hall–Kier alpha value is -0.580. The third-order valence-corrected chi connectivity index (χ3v) is 3.12. The summed E-state index contributed by atoms with van der Waals surface area (Å²) in [5, 5.41) is 11.0. The fourth-order valence-electron chi connectivity index (χ4n) is 1.36. The number of thiophene rings is 1. The van der Waals surface area contributed by atoms with Crippen LogP contribution in [0.4, 0.5) is 5.69 Å². The first kappa shape index (κ1) is 8.99. The number of carbonyl (C=O) groups excluding carboxylic acids is 1. The summed E-state index contributed by atoms with van der Waals surface area (Å²) in [5.41, 5.74) is 0.788. The second kappa shape index (κ2) is 3.29. The Labute approximate surface area is 84.5 Å². The molecular weight excluding hydrogens is 210 g/mol. The molecular formula is C8H8ClNO2S. The number of nitrogens with zero attached hydrogens (tertiary/aromatic N) is 1. The highest BCUT2D eigenvalue weighted by atomic mass is 35.5. The van der Waals surface area contributed by atoms with Gasteiger partial charge in [-0.15, -0.1) is 11.3 Å². The minimum absolute atomic E-state index is 0.227. The lowest BCUT2D eigenvalue weighted by molar-refractivity contribution is -0.123. The standard InChI is InChI=1S/C8H8ClNO2S/c9-7-3-5(4-13-7)10-2-1-6(11)8(10)12/h3-4,6,11H,1-2H2. The summed E-state index contributed by atoms with van der Waals surface area (Å²) in [6.45, 7) is 0.576. The third-order valence-electron chi connectivity index (χ3n) is 2.04. The molecule has 0 spiro atoms. The van der Waals surface area contributed by atoms with Crippen molar-refractivity contribution in [1.82, 2.24) is 0 Å². The molecule has 5 heteroatoms. The molecule has 2 heterocycles. The van der Waals surface area contributed by atoms with E-state index in [1.165, 1.54) is 11.3 Å². The molecule has 0 aromatic carbocycles. The van der Waals surface area contributed by atoms with Crippen LogP contribution in [0.15, 0.2) is 11.4 Å². The van der Waals surface area contributed by atoms with E-state index < -0.39 is 6.10 Å². The molecule has 13 heavy (non-hydrogen) atoms. The van der Waals surface area contributed by atoms with E-state index in [1.54, 1.807) is 11.0 Å². The molecule has 1 atom stereocenters. The first-order valence-corrected chi connectivity index (χ1v) is 5.18. The number of halogens is 1. The second-order valence-electron chi connectivity index (χ2n) is 2.90. The fourth-order valence-corrected chi connectivity index (χ4v) is 2.23. The Bertz CT molecular complexity index is 339. The topological polar surface area (TPSA) is 40.5 Å². The number of rotatable bonds is 1. The fraction of sp³-hybridized carbons (Fsp3) is 0.375. The summed E-state index contributed by atoms with van der Waals surface area (Å²) < 4.78 is 0.657. The van der Waals surface area contributed by atoms with Gasteiger partial charge in [-0.3, -0.25) is 4.79 Å². The van der Waals surface area contributed by atoms with Gasteiger partial charge in [-0.2, -0.15) is 0 Å². The van der Waals surface area contributed by atoms with E-state index in [-0.39, 0.29) is 5.91 Å². The lowest BCUT2D eigenvalue weighted by Crippen LogP contribution is -2.28. The van der Waals surface area contributed by atoms with Crippen LogP contribution in [-0.4, -0.2) is 23.7 Å². The van der Waals surface area contributed by atoms with Gasteiger partial charge in [0.1, 0.15) is 6.10 Å². The minimum Gasteiger partial charge on any atom is -0.383 e. The number of anilines is 1. The zero-order chi connectivity index (χ0) is 9.42. The molecule has 1 unspecified atom stereocenters. The Morgan fingerprint density at radius 1 is 1.69 bits per heavy atom. The Morgan fingerprint density at radius 2 is 2.46 bits per heavy atom. The van der Waals surface area contributed by atoms with Crippen LogP contribution in [-0.2, 0) is 4.79 Å².